The van der Waals surface area contributed by atoms with E-state index in [1.54, 1.807) is 25.3 Å². The summed E-state index contributed by atoms with van der Waals surface area (Å²) in [4.78, 5) is 24.2. The van der Waals surface area contributed by atoms with Gasteiger partial charge < -0.3 is 20.1 Å². The van der Waals surface area contributed by atoms with Gasteiger partial charge in [-0.1, -0.05) is 6.07 Å². The Bertz CT molecular complexity index is 600. The van der Waals surface area contributed by atoms with E-state index in [0.717, 1.165) is 12.8 Å². The molecule has 2 atom stereocenters. The summed E-state index contributed by atoms with van der Waals surface area (Å²) >= 11 is 0. The van der Waals surface area contributed by atoms with Crippen molar-refractivity contribution < 1.29 is 19.1 Å². The lowest BCUT2D eigenvalue weighted by atomic mass is 9.94. The van der Waals surface area contributed by atoms with Crippen LogP contribution in [0.2, 0.25) is 0 Å². The Kier molecular flexibility index (Phi) is 5.35. The van der Waals surface area contributed by atoms with Gasteiger partial charge >= 0.3 is 0 Å². The van der Waals surface area contributed by atoms with Gasteiger partial charge in [-0.2, -0.15) is 0 Å². The van der Waals surface area contributed by atoms with Gasteiger partial charge in [0.2, 0.25) is 5.91 Å². The van der Waals surface area contributed by atoms with E-state index >= 15 is 0 Å². The number of ether oxygens (including phenoxy) is 2. The fraction of sp³-hybridized carbons (Fsp3) is 0.556. The topological polar surface area (TPSA) is 76.7 Å². The van der Waals surface area contributed by atoms with Crippen molar-refractivity contribution in [3.05, 3.63) is 29.8 Å². The number of rotatable bonds is 7. The molecule has 2 N–H and O–H groups in total. The predicted molar refractivity (Wildman–Crippen MR) is 89.0 cm³/mol. The molecule has 1 heterocycles. The highest BCUT2D eigenvalue weighted by Gasteiger charge is 2.40. The lowest BCUT2D eigenvalue weighted by Gasteiger charge is -2.33. The molecule has 2 aliphatic rings. The average Bonchev–Trinajstić information content (AvgIpc) is 3.42. The van der Waals surface area contributed by atoms with Crippen LogP contribution in [0.4, 0.5) is 0 Å². The van der Waals surface area contributed by atoms with Crippen molar-refractivity contribution in [1.82, 2.24) is 10.6 Å². The smallest absolute Gasteiger partial charge is 0.251 e. The standard InChI is InChI=1S/C18H24N2O4/c1-23-9-10-24-14-4-2-3-13(11-14)18(22)19-15-7-8-16(21)20-17(15)12-5-6-12/h2-4,11-12,15,17H,5-10H2,1H3,(H,19,22)(H,20,21)/t15-,17-/m0/s1. The number of benzene rings is 1. The molecule has 6 nitrogen and oxygen atoms in total. The molecule has 0 radical (unpaired) electrons. The van der Waals surface area contributed by atoms with E-state index in [0.29, 0.717) is 43.3 Å². The van der Waals surface area contributed by atoms with Crippen molar-refractivity contribution in [2.45, 2.75) is 37.8 Å². The molecule has 0 unspecified atom stereocenters. The monoisotopic (exact) mass is 332 g/mol. The number of methoxy groups -OCH3 is 1. The Morgan fingerprint density at radius 3 is 2.88 bits per heavy atom. The number of carbonyl (C=O) groups is 2. The predicted octanol–water partition coefficient (Wildman–Crippen LogP) is 1.50. The van der Waals surface area contributed by atoms with E-state index in [-0.39, 0.29) is 23.9 Å². The van der Waals surface area contributed by atoms with Gasteiger partial charge in [0.25, 0.3) is 5.91 Å². The first-order valence-corrected chi connectivity index (χ1v) is 8.49. The number of carbonyl (C=O) groups excluding carboxylic acids is 2. The molecule has 2 amide bonds. The quantitative estimate of drug-likeness (QED) is 0.742. The first-order valence-electron chi connectivity index (χ1n) is 8.49. The van der Waals surface area contributed by atoms with E-state index in [2.05, 4.69) is 10.6 Å². The molecule has 6 heteroatoms. The Labute approximate surface area is 141 Å². The van der Waals surface area contributed by atoms with Gasteiger partial charge in [-0.25, -0.2) is 0 Å². The highest BCUT2D eigenvalue weighted by molar-refractivity contribution is 5.95. The Morgan fingerprint density at radius 1 is 1.29 bits per heavy atom. The third-order valence-corrected chi connectivity index (χ3v) is 4.54. The van der Waals surface area contributed by atoms with Gasteiger partial charge in [-0.15, -0.1) is 0 Å². The molecule has 0 spiro atoms. The maximum absolute atomic E-state index is 12.6. The van der Waals surface area contributed by atoms with E-state index < -0.39 is 0 Å². The second kappa shape index (κ2) is 7.66. The van der Waals surface area contributed by atoms with Crippen LogP contribution >= 0.6 is 0 Å². The van der Waals surface area contributed by atoms with E-state index in [4.69, 9.17) is 9.47 Å². The molecule has 1 aromatic carbocycles. The molecular weight excluding hydrogens is 308 g/mol. The fourth-order valence-corrected chi connectivity index (χ4v) is 3.11. The van der Waals surface area contributed by atoms with Gasteiger partial charge in [0.05, 0.1) is 18.7 Å². The summed E-state index contributed by atoms with van der Waals surface area (Å²) in [5.74, 6) is 1.11. The van der Waals surface area contributed by atoms with Crippen molar-refractivity contribution in [3.8, 4) is 5.75 Å². The van der Waals surface area contributed by atoms with Gasteiger partial charge in [0.1, 0.15) is 12.4 Å². The van der Waals surface area contributed by atoms with E-state index in [1.807, 2.05) is 6.07 Å². The van der Waals surface area contributed by atoms with Crippen LogP contribution in [0.5, 0.6) is 5.75 Å². The summed E-state index contributed by atoms with van der Waals surface area (Å²) in [7, 11) is 1.62. The summed E-state index contributed by atoms with van der Waals surface area (Å²) in [6.45, 7) is 0.946. The Morgan fingerprint density at radius 2 is 2.12 bits per heavy atom. The van der Waals surface area contributed by atoms with Crippen LogP contribution in [-0.2, 0) is 9.53 Å². The second-order valence-electron chi connectivity index (χ2n) is 6.42. The molecule has 1 aromatic rings. The molecular formula is C18H24N2O4. The molecule has 24 heavy (non-hydrogen) atoms. The Balaban J connectivity index is 1.61. The molecule has 130 valence electrons. The minimum atomic E-state index is -0.126. The lowest BCUT2D eigenvalue weighted by molar-refractivity contribution is -0.124. The van der Waals surface area contributed by atoms with Crippen LogP contribution in [0.3, 0.4) is 0 Å². The highest BCUT2D eigenvalue weighted by Crippen LogP contribution is 2.36. The minimum absolute atomic E-state index is 0.000709. The first-order chi connectivity index (χ1) is 11.7. The van der Waals surface area contributed by atoms with Crippen molar-refractivity contribution in [1.29, 1.82) is 0 Å². The van der Waals surface area contributed by atoms with Crippen LogP contribution in [-0.4, -0.2) is 44.2 Å². The van der Waals surface area contributed by atoms with Crippen molar-refractivity contribution in [2.75, 3.05) is 20.3 Å². The zero-order valence-corrected chi connectivity index (χ0v) is 13.9. The summed E-state index contributed by atoms with van der Waals surface area (Å²) in [5.41, 5.74) is 0.566. The number of hydrogen-bond acceptors (Lipinski definition) is 4. The fourth-order valence-electron chi connectivity index (χ4n) is 3.11. The SMILES string of the molecule is COCCOc1cccc(C(=O)N[C@H]2CCC(=O)N[C@H]2C2CC2)c1. The number of hydrogen-bond donors (Lipinski definition) is 2. The zero-order valence-electron chi connectivity index (χ0n) is 13.9. The third kappa shape index (κ3) is 4.26. The van der Waals surface area contributed by atoms with Crippen LogP contribution in [0.15, 0.2) is 24.3 Å². The average molecular weight is 332 g/mol. The zero-order chi connectivity index (χ0) is 16.9. The van der Waals surface area contributed by atoms with Crippen LogP contribution in [0.1, 0.15) is 36.0 Å². The second-order valence-corrected chi connectivity index (χ2v) is 6.42. The van der Waals surface area contributed by atoms with Crippen molar-refractivity contribution in [3.63, 3.8) is 0 Å². The summed E-state index contributed by atoms with van der Waals surface area (Å²) in [6, 6.07) is 7.19. The molecule has 3 rings (SSSR count). The summed E-state index contributed by atoms with van der Waals surface area (Å²) in [6.07, 6.45) is 3.41. The number of nitrogens with one attached hydrogen (secondary N) is 2. The Hall–Kier alpha value is -2.08. The first kappa shape index (κ1) is 16.8. The molecule has 1 saturated heterocycles. The molecule has 1 aliphatic carbocycles. The van der Waals surface area contributed by atoms with Crippen LogP contribution in [0, 0.1) is 5.92 Å². The maximum atomic E-state index is 12.6. The lowest BCUT2D eigenvalue weighted by Crippen LogP contribution is -2.56. The molecule has 1 aliphatic heterocycles. The third-order valence-electron chi connectivity index (χ3n) is 4.54. The van der Waals surface area contributed by atoms with Crippen molar-refractivity contribution >= 4 is 11.8 Å². The largest absolute Gasteiger partial charge is 0.491 e. The maximum Gasteiger partial charge on any atom is 0.251 e. The normalized spacial score (nSPS) is 23.5. The van der Waals surface area contributed by atoms with Crippen LogP contribution < -0.4 is 15.4 Å². The van der Waals surface area contributed by atoms with Crippen LogP contribution in [0.25, 0.3) is 0 Å². The van der Waals surface area contributed by atoms with Gasteiger partial charge in [0.15, 0.2) is 0 Å². The molecule has 0 bridgehead atoms. The van der Waals surface area contributed by atoms with Crippen molar-refractivity contribution in [2.24, 2.45) is 5.92 Å². The minimum Gasteiger partial charge on any atom is -0.491 e. The van der Waals surface area contributed by atoms with Gasteiger partial charge in [-0.05, 0) is 43.4 Å². The summed E-state index contributed by atoms with van der Waals surface area (Å²) < 4.78 is 10.5. The molecule has 1 saturated carbocycles. The molecule has 2 fully saturated rings. The number of piperidine rings is 1. The van der Waals surface area contributed by atoms with E-state index in [1.165, 1.54) is 0 Å². The highest BCUT2D eigenvalue weighted by atomic mass is 16.5. The van der Waals surface area contributed by atoms with E-state index in [9.17, 15) is 9.59 Å². The molecule has 0 aromatic heterocycles. The summed E-state index contributed by atoms with van der Waals surface area (Å²) in [5, 5.41) is 6.13. The van der Waals surface area contributed by atoms with Gasteiger partial charge in [-0.3, -0.25) is 9.59 Å². The number of amides is 2. The van der Waals surface area contributed by atoms with Gasteiger partial charge in [0, 0.05) is 19.1 Å².